The number of para-hydroxylation sites is 1. The molecule has 112 valence electrons. The molecule has 3 rings (SSSR count). The van der Waals surface area contributed by atoms with Gasteiger partial charge in [0.05, 0.1) is 12.1 Å². The monoisotopic (exact) mass is 314 g/mol. The molecular weight excluding hydrogens is 300 g/mol. The molecule has 1 unspecified atom stereocenters. The summed E-state index contributed by atoms with van der Waals surface area (Å²) in [6.45, 7) is 0. The zero-order chi connectivity index (χ0) is 15.7. The fraction of sp³-hybridized carbons (Fsp3) is 0.118. The minimum atomic E-state index is -0.921. The Labute approximate surface area is 132 Å². The van der Waals surface area contributed by atoms with Gasteiger partial charge in [-0.15, -0.1) is 0 Å². The third-order valence-electron chi connectivity index (χ3n) is 3.62. The molecule has 22 heavy (non-hydrogen) atoms. The molecule has 4 nitrogen and oxygen atoms in total. The lowest BCUT2D eigenvalue weighted by atomic mass is 9.97. The van der Waals surface area contributed by atoms with Gasteiger partial charge < -0.3 is 15.8 Å². The number of halogens is 1. The summed E-state index contributed by atoms with van der Waals surface area (Å²) in [6.07, 6.45) is -0.130. The predicted octanol–water partition coefficient (Wildman–Crippen LogP) is 3.96. The van der Waals surface area contributed by atoms with E-state index in [2.05, 4.69) is 4.98 Å². The number of nitrogens with two attached hydrogens (primary N) is 1. The summed E-state index contributed by atoms with van der Waals surface area (Å²) in [6, 6.07) is 14.5. The van der Waals surface area contributed by atoms with Crippen LogP contribution in [0.3, 0.4) is 0 Å². The predicted molar refractivity (Wildman–Crippen MR) is 87.9 cm³/mol. The summed E-state index contributed by atoms with van der Waals surface area (Å²) in [4.78, 5) is 14.4. The lowest BCUT2D eigenvalue weighted by Crippen LogP contribution is -2.15. The lowest BCUT2D eigenvalue weighted by Gasteiger charge is -2.12. The number of carboxylic acids is 1. The van der Waals surface area contributed by atoms with Crippen LogP contribution in [0.1, 0.15) is 18.0 Å². The van der Waals surface area contributed by atoms with Crippen LogP contribution < -0.4 is 5.73 Å². The maximum absolute atomic E-state index is 11.0. The number of benzene rings is 2. The number of rotatable bonds is 4. The Morgan fingerprint density at radius 3 is 2.73 bits per heavy atom. The van der Waals surface area contributed by atoms with Crippen LogP contribution >= 0.6 is 11.6 Å². The zero-order valence-corrected chi connectivity index (χ0v) is 12.5. The lowest BCUT2D eigenvalue weighted by molar-refractivity contribution is -0.137. The van der Waals surface area contributed by atoms with E-state index in [0.29, 0.717) is 5.02 Å². The van der Waals surface area contributed by atoms with Crippen LogP contribution in [0.2, 0.25) is 5.02 Å². The smallest absolute Gasteiger partial charge is 0.305 e. The highest BCUT2D eigenvalue weighted by atomic mass is 35.5. The first-order valence-corrected chi connectivity index (χ1v) is 7.28. The van der Waals surface area contributed by atoms with Gasteiger partial charge in [-0.25, -0.2) is 0 Å². The third kappa shape index (κ3) is 2.71. The highest BCUT2D eigenvalue weighted by Crippen LogP contribution is 2.35. The number of carboxylic acid groups (broad SMARTS) is 1. The van der Waals surface area contributed by atoms with Gasteiger partial charge in [0.15, 0.2) is 0 Å². The highest BCUT2D eigenvalue weighted by molar-refractivity contribution is 6.30. The quantitative estimate of drug-likeness (QED) is 0.682. The van der Waals surface area contributed by atoms with Gasteiger partial charge in [-0.3, -0.25) is 4.79 Å². The van der Waals surface area contributed by atoms with E-state index in [0.717, 1.165) is 27.7 Å². The largest absolute Gasteiger partial charge is 0.481 e. The Morgan fingerprint density at radius 1 is 1.23 bits per heavy atom. The fourth-order valence-corrected chi connectivity index (χ4v) is 2.90. The number of hydrogen-bond donors (Lipinski definition) is 3. The molecule has 0 saturated heterocycles. The first-order chi connectivity index (χ1) is 10.6. The topological polar surface area (TPSA) is 79.1 Å². The van der Waals surface area contributed by atoms with Crippen molar-refractivity contribution in [3.63, 3.8) is 0 Å². The second-order valence-electron chi connectivity index (χ2n) is 5.17. The van der Waals surface area contributed by atoms with E-state index in [1.807, 2.05) is 42.5 Å². The summed E-state index contributed by atoms with van der Waals surface area (Å²) in [5.41, 5.74) is 9.58. The second kappa shape index (κ2) is 5.83. The normalized spacial score (nSPS) is 12.5. The van der Waals surface area contributed by atoms with Crippen LogP contribution in [0.5, 0.6) is 0 Å². The van der Waals surface area contributed by atoms with Gasteiger partial charge >= 0.3 is 5.97 Å². The molecule has 0 spiro atoms. The molecule has 4 N–H and O–H groups in total. The van der Waals surface area contributed by atoms with Crippen LogP contribution in [0.4, 0.5) is 0 Å². The molecule has 2 aromatic carbocycles. The highest BCUT2D eigenvalue weighted by Gasteiger charge is 2.20. The Hall–Kier alpha value is -2.30. The number of aromatic amines is 1. The summed E-state index contributed by atoms with van der Waals surface area (Å²) in [5, 5.41) is 10.6. The summed E-state index contributed by atoms with van der Waals surface area (Å²) >= 11 is 6.07. The molecule has 0 radical (unpaired) electrons. The van der Waals surface area contributed by atoms with E-state index in [1.54, 1.807) is 6.07 Å². The van der Waals surface area contributed by atoms with Crippen molar-refractivity contribution in [1.29, 1.82) is 0 Å². The van der Waals surface area contributed by atoms with Crippen molar-refractivity contribution in [3.8, 4) is 11.3 Å². The average molecular weight is 315 g/mol. The Bertz CT molecular complexity index is 842. The summed E-state index contributed by atoms with van der Waals surface area (Å²) in [5.74, 6) is -0.921. The van der Waals surface area contributed by atoms with E-state index in [9.17, 15) is 4.79 Å². The van der Waals surface area contributed by atoms with E-state index in [-0.39, 0.29) is 6.42 Å². The molecule has 0 amide bonds. The standard InChI is InChI=1S/C17H15ClN2O2/c18-11-5-3-4-10(8-11)17-16(13(19)9-15(21)22)12-6-1-2-7-14(12)20-17/h1-8,13,20H,9,19H2,(H,21,22). The van der Waals surface area contributed by atoms with Gasteiger partial charge in [0, 0.05) is 27.5 Å². The van der Waals surface area contributed by atoms with Gasteiger partial charge in [0.25, 0.3) is 0 Å². The van der Waals surface area contributed by atoms with Crippen LogP contribution in [0, 0.1) is 0 Å². The molecule has 0 fully saturated rings. The molecule has 0 bridgehead atoms. The van der Waals surface area contributed by atoms with Gasteiger partial charge in [-0.1, -0.05) is 41.9 Å². The van der Waals surface area contributed by atoms with Gasteiger partial charge in [-0.2, -0.15) is 0 Å². The summed E-state index contributed by atoms with van der Waals surface area (Å²) in [7, 11) is 0. The van der Waals surface area contributed by atoms with E-state index >= 15 is 0 Å². The number of carbonyl (C=O) groups is 1. The number of hydrogen-bond acceptors (Lipinski definition) is 2. The SMILES string of the molecule is NC(CC(=O)O)c1c(-c2cccc(Cl)c2)[nH]c2ccccc12. The Morgan fingerprint density at radius 2 is 2.00 bits per heavy atom. The van der Waals surface area contributed by atoms with Gasteiger partial charge in [0.1, 0.15) is 0 Å². The maximum Gasteiger partial charge on any atom is 0.305 e. The fourth-order valence-electron chi connectivity index (χ4n) is 2.71. The summed E-state index contributed by atoms with van der Waals surface area (Å²) < 4.78 is 0. The van der Waals surface area contributed by atoms with Crippen molar-refractivity contribution in [2.24, 2.45) is 5.73 Å². The molecular formula is C17H15ClN2O2. The first-order valence-electron chi connectivity index (χ1n) is 6.90. The van der Waals surface area contributed by atoms with E-state index in [4.69, 9.17) is 22.4 Å². The molecule has 0 aliphatic carbocycles. The van der Waals surface area contributed by atoms with Crippen LogP contribution in [0.25, 0.3) is 22.2 Å². The number of aliphatic carboxylic acids is 1. The van der Waals surface area contributed by atoms with E-state index < -0.39 is 12.0 Å². The maximum atomic E-state index is 11.0. The molecule has 0 aliphatic heterocycles. The van der Waals surface area contributed by atoms with Crippen molar-refractivity contribution in [1.82, 2.24) is 4.98 Å². The van der Waals surface area contributed by atoms with Crippen molar-refractivity contribution in [2.75, 3.05) is 0 Å². The number of nitrogens with one attached hydrogen (secondary N) is 1. The molecule has 3 aromatic rings. The number of aromatic nitrogens is 1. The van der Waals surface area contributed by atoms with Gasteiger partial charge in [-0.05, 0) is 23.8 Å². The molecule has 1 atom stereocenters. The van der Waals surface area contributed by atoms with Crippen molar-refractivity contribution in [2.45, 2.75) is 12.5 Å². The van der Waals surface area contributed by atoms with Crippen molar-refractivity contribution >= 4 is 28.5 Å². The van der Waals surface area contributed by atoms with Crippen LogP contribution in [-0.2, 0) is 4.79 Å². The minimum absolute atomic E-state index is 0.130. The Balaban J connectivity index is 2.22. The number of H-pyrrole nitrogens is 1. The zero-order valence-electron chi connectivity index (χ0n) is 11.7. The molecule has 0 aliphatic rings. The van der Waals surface area contributed by atoms with Crippen LogP contribution in [0.15, 0.2) is 48.5 Å². The number of fused-ring (bicyclic) bond motifs is 1. The van der Waals surface area contributed by atoms with Crippen molar-refractivity contribution < 1.29 is 9.90 Å². The third-order valence-corrected chi connectivity index (χ3v) is 3.86. The van der Waals surface area contributed by atoms with Gasteiger partial charge in [0.2, 0.25) is 0 Å². The van der Waals surface area contributed by atoms with E-state index in [1.165, 1.54) is 0 Å². The minimum Gasteiger partial charge on any atom is -0.481 e. The average Bonchev–Trinajstić information content (AvgIpc) is 2.86. The molecule has 5 heteroatoms. The molecule has 0 saturated carbocycles. The first kappa shape index (κ1) is 14.6. The Kier molecular flexibility index (Phi) is 3.88. The second-order valence-corrected chi connectivity index (χ2v) is 5.61. The molecule has 1 aromatic heterocycles. The van der Waals surface area contributed by atoms with Crippen LogP contribution in [-0.4, -0.2) is 16.1 Å². The molecule has 1 heterocycles. The van der Waals surface area contributed by atoms with Crippen molar-refractivity contribution in [3.05, 3.63) is 59.1 Å².